The predicted molar refractivity (Wildman–Crippen MR) is 281 cm³/mol. The number of halogens is 2. The van der Waals surface area contributed by atoms with E-state index in [0.29, 0.717) is 0 Å². The summed E-state index contributed by atoms with van der Waals surface area (Å²) in [5.74, 6) is 0. The average Bonchev–Trinajstić information content (AvgIpc) is 4.00. The molecule has 330 valence electrons. The van der Waals surface area contributed by atoms with Gasteiger partial charge in [0.2, 0.25) is 0 Å². The minimum atomic E-state index is -0.826. The van der Waals surface area contributed by atoms with Gasteiger partial charge in [-0.05, 0) is 59.8 Å². The van der Waals surface area contributed by atoms with Crippen LogP contribution in [0.1, 0.15) is 114 Å². The number of benzene rings is 6. The minimum Gasteiger partial charge on any atom is -0.184 e. The molecule has 0 atom stereocenters. The van der Waals surface area contributed by atoms with Crippen LogP contribution >= 0.6 is 17.0 Å². The van der Waals surface area contributed by atoms with Gasteiger partial charge in [-0.3, -0.25) is 0 Å². The fraction of sp³-hybridized carbons (Fsp3) is 0.300. The third kappa shape index (κ3) is 12.0. The first-order valence-electron chi connectivity index (χ1n) is 23.1. The van der Waals surface area contributed by atoms with E-state index >= 15 is 0 Å². The first-order chi connectivity index (χ1) is 30.7. The number of hydrogen-bond donors (Lipinski definition) is 0. The molecular weight excluding hydrogens is 911 g/mol. The molecule has 0 nitrogen and oxygen atoms in total. The molecule has 4 heteroatoms. The topological polar surface area (TPSA) is 0 Å². The number of rotatable bonds is 8. The molecule has 8 aromatic rings. The van der Waals surface area contributed by atoms with Crippen LogP contribution in [0.25, 0.3) is 54.9 Å². The van der Waals surface area contributed by atoms with Crippen LogP contribution in [0.15, 0.2) is 140 Å². The molecular formula is C60H65Cl2SiZr-3. The van der Waals surface area contributed by atoms with Crippen LogP contribution in [0.5, 0.6) is 0 Å². The smallest absolute Gasteiger partial charge is 0.0920 e. The Morgan fingerprint density at radius 1 is 0.547 bits per heavy atom. The summed E-state index contributed by atoms with van der Waals surface area (Å²) < 4.78 is 0. The molecule has 64 heavy (non-hydrogen) atoms. The van der Waals surface area contributed by atoms with Gasteiger partial charge in [-0.1, -0.05) is 187 Å². The summed E-state index contributed by atoms with van der Waals surface area (Å²) in [4.78, 5) is 0. The Kier molecular flexibility index (Phi) is 17.5. The van der Waals surface area contributed by atoms with Gasteiger partial charge in [0.05, 0.1) is 9.52 Å². The molecule has 9 rings (SSSR count). The largest absolute Gasteiger partial charge is 0.184 e. The fourth-order valence-corrected chi connectivity index (χ4v) is 10.3. The first kappa shape index (κ1) is 49.6. The van der Waals surface area contributed by atoms with E-state index in [1.54, 1.807) is 0 Å². The van der Waals surface area contributed by atoms with E-state index in [4.69, 9.17) is 17.0 Å². The molecule has 0 amide bonds. The van der Waals surface area contributed by atoms with E-state index in [0.717, 1.165) is 9.52 Å². The van der Waals surface area contributed by atoms with Gasteiger partial charge in [0.15, 0.2) is 0 Å². The third-order valence-corrected chi connectivity index (χ3v) is 13.7. The molecule has 0 saturated heterocycles. The van der Waals surface area contributed by atoms with Crippen LogP contribution in [0.2, 0.25) is 0 Å². The van der Waals surface area contributed by atoms with Gasteiger partial charge in [-0.15, -0.1) is 74.6 Å². The van der Waals surface area contributed by atoms with E-state index < -0.39 is 20.8 Å². The molecule has 0 N–H and O–H groups in total. The Morgan fingerprint density at radius 2 is 0.969 bits per heavy atom. The number of fused-ring (bicyclic) bond motifs is 5. The SMILES string of the molecule is CCCCc1cc2c(-c3ccccc3C)c(C(C)(C)C)ccc2[cH-]1.CCCCc1cc2c(-c3ccccc3C)c(C(C)(C)C)ccc2[cH-]1.[Cl][Zr][Cl].[c-]1cccc2c1[Si]c1ccccc1-2. The number of unbranched alkanes of at least 4 members (excludes halogenated alkanes) is 2. The molecule has 0 saturated carbocycles. The summed E-state index contributed by atoms with van der Waals surface area (Å²) in [7, 11) is 10.7. The van der Waals surface area contributed by atoms with Crippen molar-refractivity contribution in [1.82, 2.24) is 0 Å². The van der Waals surface area contributed by atoms with Crippen molar-refractivity contribution in [3.8, 4) is 33.4 Å². The van der Waals surface area contributed by atoms with E-state index in [-0.39, 0.29) is 10.8 Å². The normalized spacial score (nSPS) is 11.8. The van der Waals surface area contributed by atoms with E-state index in [1.807, 2.05) is 6.07 Å². The molecule has 1 aliphatic rings. The Balaban J connectivity index is 0.000000160. The predicted octanol–water partition coefficient (Wildman–Crippen LogP) is 16.8. The van der Waals surface area contributed by atoms with Gasteiger partial charge in [-0.2, -0.15) is 41.6 Å². The summed E-state index contributed by atoms with van der Waals surface area (Å²) in [6, 6.07) is 54.7. The van der Waals surface area contributed by atoms with Crippen LogP contribution in [-0.4, -0.2) is 9.52 Å². The molecule has 0 fully saturated rings. The minimum absolute atomic E-state index is 0.132. The van der Waals surface area contributed by atoms with E-state index in [1.165, 1.54) is 137 Å². The van der Waals surface area contributed by atoms with Gasteiger partial charge >= 0.3 is 37.9 Å². The number of hydrogen-bond acceptors (Lipinski definition) is 0. The number of aryl methyl sites for hydroxylation is 4. The van der Waals surface area contributed by atoms with Crippen LogP contribution in [0, 0.1) is 19.9 Å². The van der Waals surface area contributed by atoms with Crippen molar-refractivity contribution in [2.75, 3.05) is 0 Å². The summed E-state index contributed by atoms with van der Waals surface area (Å²) in [6.07, 6.45) is 7.40. The monoisotopic (exact) mass is 973 g/mol. The van der Waals surface area contributed by atoms with Gasteiger partial charge in [0.1, 0.15) is 0 Å². The van der Waals surface area contributed by atoms with Gasteiger partial charge in [0.25, 0.3) is 0 Å². The zero-order valence-corrected chi connectivity index (χ0v) is 44.7. The first-order valence-corrected chi connectivity index (χ1v) is 30.4. The zero-order valence-electron chi connectivity index (χ0n) is 39.8. The Labute approximate surface area is 407 Å². The van der Waals surface area contributed by atoms with Crippen molar-refractivity contribution in [3.05, 3.63) is 179 Å². The molecule has 0 spiro atoms. The van der Waals surface area contributed by atoms with Crippen molar-refractivity contribution < 1.29 is 20.8 Å². The molecule has 0 aromatic heterocycles. The molecule has 8 aromatic carbocycles. The van der Waals surface area contributed by atoms with Crippen LogP contribution in [0.4, 0.5) is 0 Å². The average molecular weight is 976 g/mol. The van der Waals surface area contributed by atoms with Crippen LogP contribution < -0.4 is 10.4 Å². The van der Waals surface area contributed by atoms with E-state index in [2.05, 4.69) is 209 Å². The summed E-state index contributed by atoms with van der Waals surface area (Å²) >= 11 is -0.826. The summed E-state index contributed by atoms with van der Waals surface area (Å²) in [6.45, 7) is 22.9. The van der Waals surface area contributed by atoms with Crippen molar-refractivity contribution in [3.63, 3.8) is 0 Å². The Bertz CT molecular complexity index is 2580. The maximum absolute atomic E-state index is 4.93. The molecule has 1 heterocycles. The molecule has 0 aliphatic carbocycles. The molecule has 1 aliphatic heterocycles. The molecule has 2 radical (unpaired) electrons. The van der Waals surface area contributed by atoms with Gasteiger partial charge in [-0.25, -0.2) is 0 Å². The fourth-order valence-electron chi connectivity index (χ4n) is 9.00. The second kappa shape index (κ2) is 22.6. The maximum atomic E-state index is 4.93. The van der Waals surface area contributed by atoms with Crippen LogP contribution in [0.3, 0.4) is 0 Å². The van der Waals surface area contributed by atoms with Crippen molar-refractivity contribution in [1.29, 1.82) is 0 Å². The second-order valence-electron chi connectivity index (χ2n) is 19.2. The summed E-state index contributed by atoms with van der Waals surface area (Å²) in [5.41, 5.74) is 17.2. The van der Waals surface area contributed by atoms with E-state index in [9.17, 15) is 0 Å². The molecule has 0 bridgehead atoms. The van der Waals surface area contributed by atoms with Gasteiger partial charge in [0, 0.05) is 0 Å². The quantitative estimate of drug-likeness (QED) is 0.105. The van der Waals surface area contributed by atoms with Crippen molar-refractivity contribution in [2.24, 2.45) is 0 Å². The summed E-state index contributed by atoms with van der Waals surface area (Å²) in [5, 5.41) is 8.43. The van der Waals surface area contributed by atoms with Crippen molar-refractivity contribution in [2.45, 2.75) is 119 Å². The molecule has 0 unspecified atom stereocenters. The van der Waals surface area contributed by atoms with Crippen LogP contribution in [-0.2, 0) is 44.5 Å². The third-order valence-electron chi connectivity index (χ3n) is 12.3. The standard InChI is InChI=1S/2C24H29.C12H7Si.2ClH.Zr/c2*1-6-7-11-18-15-19-13-14-22(24(3,4)5)23(21(19)16-18)20-12-9-8-10-17(20)2;1-3-7-11-9(5-1)10-6-2-4-8-12(10)13-11;;;/h2*8-10,12-16H,6-7,11H2,1-5H3;1-7H;2*1H;/q3*-1;;;+2/p-2. The Morgan fingerprint density at radius 3 is 1.41 bits per heavy atom. The maximum Gasteiger partial charge on any atom is 0.0920 e. The van der Waals surface area contributed by atoms with Crippen molar-refractivity contribution >= 4 is 58.5 Å². The zero-order chi connectivity index (χ0) is 46.0. The second-order valence-corrected chi connectivity index (χ2v) is 24.3. The Hall–Kier alpha value is -3.78. The van der Waals surface area contributed by atoms with Gasteiger partial charge < -0.3 is 0 Å².